The molecule has 0 fully saturated rings. The second kappa shape index (κ2) is 4.95. The van der Waals surface area contributed by atoms with Crippen LogP contribution in [0.4, 0.5) is 4.79 Å². The van der Waals surface area contributed by atoms with E-state index in [2.05, 4.69) is 4.74 Å². The second-order valence-electron chi connectivity index (χ2n) is 2.70. The first-order valence-corrected chi connectivity index (χ1v) is 3.71. The lowest BCUT2D eigenvalue weighted by Crippen LogP contribution is -2.33. The van der Waals surface area contributed by atoms with Crippen molar-refractivity contribution in [1.29, 1.82) is 0 Å². The normalized spacial score (nSPS) is 15.8. The van der Waals surface area contributed by atoms with Crippen LogP contribution in [0.1, 0.15) is 13.8 Å². The molecule has 0 bridgehead atoms. The molecule has 0 radical (unpaired) electrons. The van der Waals surface area contributed by atoms with Gasteiger partial charge in [-0.2, -0.15) is 0 Å². The molecule has 72 valence electrons. The predicted molar refractivity (Wildman–Crippen MR) is 44.4 cm³/mol. The van der Waals surface area contributed by atoms with E-state index < -0.39 is 12.4 Å². The molecule has 0 aliphatic rings. The second-order valence-corrected chi connectivity index (χ2v) is 2.70. The topological polar surface area (TPSA) is 64.8 Å². The van der Waals surface area contributed by atoms with Gasteiger partial charge in [-0.3, -0.25) is 4.90 Å². The van der Waals surface area contributed by atoms with Gasteiger partial charge in [-0.1, -0.05) is 0 Å². The zero-order valence-electron chi connectivity index (χ0n) is 7.90. The van der Waals surface area contributed by atoms with Crippen molar-refractivity contribution >= 4 is 6.09 Å². The van der Waals surface area contributed by atoms with Crippen molar-refractivity contribution in [3.63, 3.8) is 0 Å². The molecule has 0 aliphatic heterocycles. The molecule has 0 aromatic carbocycles. The molecule has 1 amide bonds. The highest BCUT2D eigenvalue weighted by Crippen LogP contribution is 2.01. The van der Waals surface area contributed by atoms with Crippen LogP contribution in [0.25, 0.3) is 0 Å². The third kappa shape index (κ3) is 4.92. The summed E-state index contributed by atoms with van der Waals surface area (Å²) in [6.45, 7) is 3.46. The van der Waals surface area contributed by atoms with Gasteiger partial charge < -0.3 is 15.2 Å². The number of amides is 1. The SMILES string of the molecule is CC(OC(N)=O)OC(C)N(C)C. The van der Waals surface area contributed by atoms with Crippen molar-refractivity contribution in [3.8, 4) is 0 Å². The van der Waals surface area contributed by atoms with Crippen molar-refractivity contribution in [2.45, 2.75) is 26.4 Å². The van der Waals surface area contributed by atoms with Gasteiger partial charge in [0.15, 0.2) is 0 Å². The molecule has 5 nitrogen and oxygen atoms in total. The largest absolute Gasteiger partial charge is 0.420 e. The number of carbonyl (C=O) groups is 1. The third-order valence-corrected chi connectivity index (χ3v) is 1.40. The van der Waals surface area contributed by atoms with Crippen LogP contribution in [0.5, 0.6) is 0 Å². The first-order valence-electron chi connectivity index (χ1n) is 3.71. The quantitative estimate of drug-likeness (QED) is 0.628. The molecular weight excluding hydrogens is 160 g/mol. The Kier molecular flexibility index (Phi) is 4.61. The van der Waals surface area contributed by atoms with Crippen LogP contribution in [0.2, 0.25) is 0 Å². The molecular formula is C7H16N2O3. The van der Waals surface area contributed by atoms with Crippen LogP contribution in [0.15, 0.2) is 0 Å². The summed E-state index contributed by atoms with van der Waals surface area (Å²) in [5.74, 6) is 0. The monoisotopic (exact) mass is 176 g/mol. The van der Waals surface area contributed by atoms with Gasteiger partial charge in [-0.05, 0) is 27.9 Å². The van der Waals surface area contributed by atoms with Crippen LogP contribution >= 0.6 is 0 Å². The Balaban J connectivity index is 3.68. The summed E-state index contributed by atoms with van der Waals surface area (Å²) in [4.78, 5) is 12.1. The average Bonchev–Trinajstić information content (AvgIpc) is 1.84. The lowest BCUT2D eigenvalue weighted by Gasteiger charge is -2.23. The van der Waals surface area contributed by atoms with E-state index in [1.807, 2.05) is 25.9 Å². The Hall–Kier alpha value is -0.810. The fourth-order valence-corrected chi connectivity index (χ4v) is 0.590. The average molecular weight is 176 g/mol. The van der Waals surface area contributed by atoms with Gasteiger partial charge in [0, 0.05) is 0 Å². The van der Waals surface area contributed by atoms with E-state index >= 15 is 0 Å². The number of primary amides is 1. The van der Waals surface area contributed by atoms with Crippen molar-refractivity contribution in [1.82, 2.24) is 4.90 Å². The Morgan fingerprint density at radius 2 is 1.92 bits per heavy atom. The molecule has 0 aliphatic carbocycles. The Morgan fingerprint density at radius 3 is 2.25 bits per heavy atom. The molecule has 0 heterocycles. The number of hydrogen-bond donors (Lipinski definition) is 1. The number of ether oxygens (including phenoxy) is 2. The van der Waals surface area contributed by atoms with Crippen LogP contribution in [-0.2, 0) is 9.47 Å². The maximum atomic E-state index is 10.3. The van der Waals surface area contributed by atoms with Gasteiger partial charge in [0.25, 0.3) is 0 Å². The van der Waals surface area contributed by atoms with Gasteiger partial charge in [0.05, 0.1) is 0 Å². The molecule has 2 atom stereocenters. The minimum atomic E-state index is -0.826. The van der Waals surface area contributed by atoms with E-state index in [0.717, 1.165) is 0 Å². The minimum Gasteiger partial charge on any atom is -0.420 e. The summed E-state index contributed by atoms with van der Waals surface area (Å²) >= 11 is 0. The van der Waals surface area contributed by atoms with E-state index in [9.17, 15) is 4.79 Å². The molecule has 0 aromatic rings. The third-order valence-electron chi connectivity index (χ3n) is 1.40. The zero-order valence-corrected chi connectivity index (χ0v) is 7.90. The minimum absolute atomic E-state index is 0.112. The first-order chi connectivity index (χ1) is 5.43. The fourth-order valence-electron chi connectivity index (χ4n) is 0.590. The summed E-state index contributed by atoms with van der Waals surface area (Å²) in [5.41, 5.74) is 4.79. The van der Waals surface area contributed by atoms with Gasteiger partial charge in [-0.25, -0.2) is 4.79 Å². The molecule has 2 N–H and O–H groups in total. The lowest BCUT2D eigenvalue weighted by molar-refractivity contribution is -0.156. The van der Waals surface area contributed by atoms with Crippen molar-refractivity contribution < 1.29 is 14.3 Å². The van der Waals surface area contributed by atoms with Crippen LogP contribution in [0, 0.1) is 0 Å². The Labute approximate surface area is 72.4 Å². The van der Waals surface area contributed by atoms with Crippen molar-refractivity contribution in [3.05, 3.63) is 0 Å². The Bertz CT molecular complexity index is 150. The van der Waals surface area contributed by atoms with Crippen LogP contribution in [0.3, 0.4) is 0 Å². The fraction of sp³-hybridized carbons (Fsp3) is 0.857. The van der Waals surface area contributed by atoms with Crippen LogP contribution < -0.4 is 5.73 Å². The lowest BCUT2D eigenvalue weighted by atomic mass is 10.6. The number of hydrogen-bond acceptors (Lipinski definition) is 4. The maximum absolute atomic E-state index is 10.3. The number of carbonyl (C=O) groups excluding carboxylic acids is 1. The number of nitrogens with two attached hydrogens (primary N) is 1. The summed E-state index contributed by atoms with van der Waals surface area (Å²) in [6, 6.07) is 0. The highest BCUT2D eigenvalue weighted by Gasteiger charge is 2.11. The summed E-state index contributed by atoms with van der Waals surface area (Å²) in [7, 11) is 3.73. The summed E-state index contributed by atoms with van der Waals surface area (Å²) in [5, 5.41) is 0. The Morgan fingerprint density at radius 1 is 1.42 bits per heavy atom. The highest BCUT2D eigenvalue weighted by atomic mass is 16.7. The molecule has 0 saturated heterocycles. The smallest absolute Gasteiger partial charge is 0.406 e. The van der Waals surface area contributed by atoms with Crippen molar-refractivity contribution in [2.24, 2.45) is 5.73 Å². The van der Waals surface area contributed by atoms with E-state index in [0.29, 0.717) is 0 Å². The summed E-state index contributed by atoms with van der Waals surface area (Å²) < 4.78 is 9.79. The van der Waals surface area contributed by atoms with Gasteiger partial charge >= 0.3 is 6.09 Å². The number of nitrogens with zero attached hydrogens (tertiary/aromatic N) is 1. The van der Waals surface area contributed by atoms with Crippen molar-refractivity contribution in [2.75, 3.05) is 14.1 Å². The van der Waals surface area contributed by atoms with Crippen LogP contribution in [-0.4, -0.2) is 37.6 Å². The maximum Gasteiger partial charge on any atom is 0.406 e. The predicted octanol–water partition coefficient (Wildman–Crippen LogP) is 0.352. The molecule has 2 unspecified atom stereocenters. The molecule has 0 spiro atoms. The molecule has 0 saturated carbocycles. The van der Waals surface area contributed by atoms with Gasteiger partial charge in [-0.15, -0.1) is 0 Å². The zero-order chi connectivity index (χ0) is 9.72. The molecule has 0 aromatic heterocycles. The number of rotatable bonds is 4. The standard InChI is InChI=1S/C7H16N2O3/c1-5(9(3)4)11-6(2)12-7(8)10/h5-6H,1-4H3,(H2,8,10). The van der Waals surface area contributed by atoms with Gasteiger partial charge in [0.2, 0.25) is 6.29 Å². The van der Waals surface area contributed by atoms with Gasteiger partial charge in [0.1, 0.15) is 6.23 Å². The molecule has 5 heteroatoms. The van der Waals surface area contributed by atoms with E-state index in [-0.39, 0.29) is 6.23 Å². The van der Waals surface area contributed by atoms with E-state index in [1.165, 1.54) is 0 Å². The molecule has 0 rings (SSSR count). The molecule has 12 heavy (non-hydrogen) atoms. The van der Waals surface area contributed by atoms with E-state index in [4.69, 9.17) is 10.5 Å². The summed E-state index contributed by atoms with van der Waals surface area (Å²) in [6.07, 6.45) is -1.55. The first kappa shape index (κ1) is 11.2. The highest BCUT2D eigenvalue weighted by molar-refractivity contribution is 5.64. The van der Waals surface area contributed by atoms with E-state index in [1.54, 1.807) is 6.92 Å².